The summed E-state index contributed by atoms with van der Waals surface area (Å²) in [4.78, 5) is 30.0. The van der Waals surface area contributed by atoms with Crippen LogP contribution >= 0.6 is 22.7 Å². The van der Waals surface area contributed by atoms with Crippen molar-refractivity contribution in [2.24, 2.45) is 0 Å². The smallest absolute Gasteiger partial charge is 0.261 e. The number of aryl methyl sites for hydroxylation is 2. The van der Waals surface area contributed by atoms with Gasteiger partial charge in [0.25, 0.3) is 5.91 Å². The fourth-order valence-corrected chi connectivity index (χ4v) is 8.00. The lowest BCUT2D eigenvalue weighted by molar-refractivity contribution is -0.130. The van der Waals surface area contributed by atoms with E-state index in [1.807, 2.05) is 13.0 Å². The van der Waals surface area contributed by atoms with Crippen LogP contribution in [0, 0.1) is 11.3 Å². The molecule has 3 N–H and O–H groups in total. The molecule has 1 unspecified atom stereocenters. The summed E-state index contributed by atoms with van der Waals surface area (Å²) in [5, 5.41) is 33.0. The van der Waals surface area contributed by atoms with Crippen LogP contribution < -0.4 is 10.6 Å². The highest BCUT2D eigenvalue weighted by atomic mass is 32.1. The fraction of sp³-hybridized carbons (Fsp3) is 0.500. The number of nitriles is 1. The van der Waals surface area contributed by atoms with Crippen molar-refractivity contribution in [1.29, 1.82) is 5.26 Å². The van der Waals surface area contributed by atoms with Crippen molar-refractivity contribution in [3.05, 3.63) is 49.1 Å². The van der Waals surface area contributed by atoms with E-state index in [2.05, 4.69) is 48.8 Å². The average Bonchev–Trinajstić information content (AvgIpc) is 3.69. The molecule has 2 aliphatic rings. The average molecular weight is 525 g/mol. The second kappa shape index (κ2) is 10.1. The summed E-state index contributed by atoms with van der Waals surface area (Å²) in [6, 6.07) is 5.94. The largest absolute Gasteiger partial charge is 0.354 e. The van der Waals surface area contributed by atoms with E-state index in [0.29, 0.717) is 23.7 Å². The van der Waals surface area contributed by atoms with Gasteiger partial charge in [0.2, 0.25) is 5.91 Å². The maximum Gasteiger partial charge on any atom is 0.261 e. The Kier molecular flexibility index (Phi) is 6.87. The van der Waals surface area contributed by atoms with Crippen LogP contribution in [-0.2, 0) is 23.1 Å². The number of likely N-dealkylation sites (tertiary alicyclic amines) is 1. The molecule has 12 heteroatoms. The van der Waals surface area contributed by atoms with Crippen molar-refractivity contribution in [2.75, 3.05) is 20.1 Å². The lowest BCUT2D eigenvalue weighted by atomic mass is 9.76. The normalized spacial score (nSPS) is 21.8. The van der Waals surface area contributed by atoms with Crippen LogP contribution in [0.3, 0.4) is 0 Å². The van der Waals surface area contributed by atoms with E-state index in [1.165, 1.54) is 16.9 Å². The van der Waals surface area contributed by atoms with Gasteiger partial charge < -0.3 is 15.5 Å². The monoisotopic (exact) mass is 524 g/mol. The van der Waals surface area contributed by atoms with Crippen molar-refractivity contribution in [3.8, 4) is 6.07 Å². The summed E-state index contributed by atoms with van der Waals surface area (Å²) in [5.41, 5.74) is 1.65. The highest BCUT2D eigenvalue weighted by Crippen LogP contribution is 2.51. The van der Waals surface area contributed by atoms with Crippen molar-refractivity contribution < 1.29 is 9.59 Å². The SMILES string of the molecule is CNC(=O)c1cc2c(s1)C(C[C@@H](C)NCC(=O)N1CCC[C@H]1C#N)(c1nn[nH]n1)c1sccc1CC2. The van der Waals surface area contributed by atoms with Gasteiger partial charge in [-0.2, -0.15) is 10.5 Å². The first-order valence-electron chi connectivity index (χ1n) is 12.1. The fourth-order valence-electron chi connectivity index (χ4n) is 5.41. The van der Waals surface area contributed by atoms with Crippen molar-refractivity contribution in [1.82, 2.24) is 36.2 Å². The van der Waals surface area contributed by atoms with Gasteiger partial charge in [-0.15, -0.1) is 32.9 Å². The third kappa shape index (κ3) is 4.21. The minimum Gasteiger partial charge on any atom is -0.354 e. The van der Waals surface area contributed by atoms with E-state index in [1.54, 1.807) is 23.3 Å². The Hall–Kier alpha value is -3.14. The number of hydrogen-bond donors (Lipinski definition) is 3. The first kappa shape index (κ1) is 24.5. The number of amides is 2. The van der Waals surface area contributed by atoms with Crippen LogP contribution in [-0.4, -0.2) is 69.6 Å². The molecule has 10 nitrogen and oxygen atoms in total. The van der Waals surface area contributed by atoms with Gasteiger partial charge in [-0.25, -0.2) is 0 Å². The predicted octanol–water partition coefficient (Wildman–Crippen LogP) is 2.00. The van der Waals surface area contributed by atoms with E-state index < -0.39 is 5.41 Å². The zero-order valence-corrected chi connectivity index (χ0v) is 21.8. The number of fused-ring (bicyclic) bond motifs is 2. The Labute approximate surface area is 217 Å². The summed E-state index contributed by atoms with van der Waals surface area (Å²) in [7, 11) is 1.64. The molecule has 188 valence electrons. The van der Waals surface area contributed by atoms with Crippen LogP contribution in [0.25, 0.3) is 0 Å². The third-order valence-electron chi connectivity index (χ3n) is 7.11. The van der Waals surface area contributed by atoms with Crippen LogP contribution in [0.15, 0.2) is 17.5 Å². The molecule has 1 aliphatic heterocycles. The molecular formula is C24H28N8O2S2. The van der Waals surface area contributed by atoms with Gasteiger partial charge in [0.05, 0.1) is 17.5 Å². The Balaban J connectivity index is 1.50. The Morgan fingerprint density at radius 2 is 2.19 bits per heavy atom. The molecule has 1 aliphatic carbocycles. The van der Waals surface area contributed by atoms with Crippen molar-refractivity contribution in [3.63, 3.8) is 0 Å². The lowest BCUT2D eigenvalue weighted by Crippen LogP contribution is -2.45. The third-order valence-corrected chi connectivity index (χ3v) is 9.57. The molecular weight excluding hydrogens is 496 g/mol. The molecule has 36 heavy (non-hydrogen) atoms. The number of thiophene rings is 2. The number of H-pyrrole nitrogens is 1. The molecule has 0 saturated carbocycles. The Bertz CT molecular complexity index is 1290. The number of hydrogen-bond acceptors (Lipinski definition) is 9. The summed E-state index contributed by atoms with van der Waals surface area (Å²) in [5.74, 6) is 0.385. The van der Waals surface area contributed by atoms with Gasteiger partial charge in [-0.3, -0.25) is 9.59 Å². The number of carbonyl (C=O) groups is 2. The first-order valence-corrected chi connectivity index (χ1v) is 13.8. The predicted molar refractivity (Wildman–Crippen MR) is 136 cm³/mol. The topological polar surface area (TPSA) is 140 Å². The molecule has 2 amide bonds. The number of nitrogens with one attached hydrogen (secondary N) is 3. The zero-order valence-electron chi connectivity index (χ0n) is 20.2. The Morgan fingerprint density at radius 3 is 2.94 bits per heavy atom. The molecule has 1 fully saturated rings. The van der Waals surface area contributed by atoms with Crippen LogP contribution in [0.5, 0.6) is 0 Å². The second-order valence-electron chi connectivity index (χ2n) is 9.32. The second-order valence-corrected chi connectivity index (χ2v) is 11.3. The van der Waals surface area contributed by atoms with Crippen LogP contribution in [0.1, 0.15) is 62.6 Å². The van der Waals surface area contributed by atoms with Crippen LogP contribution in [0.4, 0.5) is 0 Å². The van der Waals surface area contributed by atoms with E-state index >= 15 is 0 Å². The van der Waals surface area contributed by atoms with E-state index in [0.717, 1.165) is 41.0 Å². The number of carbonyl (C=O) groups excluding carboxylic acids is 2. The molecule has 5 rings (SSSR count). The molecule has 3 aromatic heterocycles. The highest BCUT2D eigenvalue weighted by Gasteiger charge is 2.48. The van der Waals surface area contributed by atoms with Gasteiger partial charge in [0, 0.05) is 29.4 Å². The quantitative estimate of drug-likeness (QED) is 0.429. The highest BCUT2D eigenvalue weighted by molar-refractivity contribution is 7.15. The standard InChI is InChI=1S/C24H28N8O2S2/c1-14(27-13-19(33)32-8-3-4-17(32)12-25)11-24(23-28-30-31-29-23)20-15(7-9-35-20)5-6-16-10-18(22(34)26-2)36-21(16)24/h7,9-10,14,17,27H,3-6,8,11,13H2,1-2H3,(H,26,34)(H,28,29,30,31)/t14-,17+,24?/m1/s1. The molecule has 0 spiro atoms. The summed E-state index contributed by atoms with van der Waals surface area (Å²) in [6.45, 7) is 2.82. The van der Waals surface area contributed by atoms with Gasteiger partial charge in [-0.1, -0.05) is 5.21 Å². The number of tetrazole rings is 1. The summed E-state index contributed by atoms with van der Waals surface area (Å²) < 4.78 is 0. The van der Waals surface area contributed by atoms with E-state index in [-0.39, 0.29) is 30.4 Å². The molecule has 0 aromatic carbocycles. The van der Waals surface area contributed by atoms with Gasteiger partial charge in [0.15, 0.2) is 5.82 Å². The minimum atomic E-state index is -0.711. The maximum absolute atomic E-state index is 12.9. The molecule has 4 heterocycles. The minimum absolute atomic E-state index is 0.0593. The maximum atomic E-state index is 12.9. The van der Waals surface area contributed by atoms with Gasteiger partial charge in [0.1, 0.15) is 11.5 Å². The summed E-state index contributed by atoms with van der Waals surface area (Å²) >= 11 is 3.14. The van der Waals surface area contributed by atoms with Gasteiger partial charge in [-0.05, 0) is 67.7 Å². The molecule has 1 saturated heterocycles. The van der Waals surface area contributed by atoms with Crippen LogP contribution in [0.2, 0.25) is 0 Å². The van der Waals surface area contributed by atoms with Crippen molar-refractivity contribution >= 4 is 34.5 Å². The number of rotatable bonds is 7. The Morgan fingerprint density at radius 1 is 1.36 bits per heavy atom. The van der Waals surface area contributed by atoms with Crippen molar-refractivity contribution in [2.45, 2.75) is 56.5 Å². The molecule has 0 bridgehead atoms. The lowest BCUT2D eigenvalue weighted by Gasteiger charge is -2.33. The zero-order chi connectivity index (χ0) is 25.3. The molecule has 3 aromatic rings. The van der Waals surface area contributed by atoms with E-state index in [9.17, 15) is 14.9 Å². The number of nitrogens with zero attached hydrogens (tertiary/aromatic N) is 5. The first-order chi connectivity index (χ1) is 17.5. The number of aromatic amines is 1. The molecule has 3 atom stereocenters. The number of aromatic nitrogens is 4. The molecule has 0 radical (unpaired) electrons. The summed E-state index contributed by atoms with van der Waals surface area (Å²) in [6.07, 6.45) is 3.85. The van der Waals surface area contributed by atoms with Gasteiger partial charge >= 0.3 is 0 Å². The van der Waals surface area contributed by atoms with E-state index in [4.69, 9.17) is 0 Å².